The quantitative estimate of drug-likeness (QED) is 0.803. The predicted molar refractivity (Wildman–Crippen MR) is 77.5 cm³/mol. The van der Waals surface area contributed by atoms with Crippen LogP contribution in [0.4, 0.5) is 4.39 Å². The van der Waals surface area contributed by atoms with Crippen molar-refractivity contribution >= 4 is 11.6 Å². The van der Waals surface area contributed by atoms with E-state index in [1.807, 2.05) is 35.7 Å². The van der Waals surface area contributed by atoms with E-state index in [0.29, 0.717) is 12.1 Å². The topological polar surface area (TPSA) is 46.4 Å². The highest BCUT2D eigenvalue weighted by Crippen LogP contribution is 2.09. The third-order valence-corrected chi connectivity index (χ3v) is 3.26. The molecule has 0 saturated carbocycles. The van der Waals surface area contributed by atoms with Crippen LogP contribution in [0.25, 0.3) is 5.65 Å². The van der Waals surface area contributed by atoms with Crippen molar-refractivity contribution in [3.05, 3.63) is 71.4 Å². The number of carbonyl (C=O) groups is 1. The minimum Gasteiger partial charge on any atom is -0.346 e. The second kappa shape index (κ2) is 5.36. The Morgan fingerprint density at radius 1 is 1.29 bits per heavy atom. The minimum absolute atomic E-state index is 0.301. The van der Waals surface area contributed by atoms with Gasteiger partial charge in [-0.25, -0.2) is 9.37 Å². The molecule has 21 heavy (non-hydrogen) atoms. The molecule has 0 bridgehead atoms. The number of pyridine rings is 1. The van der Waals surface area contributed by atoms with Crippen molar-refractivity contribution in [3.63, 3.8) is 0 Å². The van der Waals surface area contributed by atoms with E-state index < -0.39 is 5.82 Å². The van der Waals surface area contributed by atoms with Gasteiger partial charge in [-0.15, -0.1) is 0 Å². The number of hydrogen-bond donors (Lipinski definition) is 1. The number of aryl methyl sites for hydroxylation is 1. The standard InChI is InChI=1S/C16H14FN3O/c1-11-4-2-7-15-19-14(10-20(11)15)9-18-16(21)12-5-3-6-13(17)8-12/h2-8,10H,9H2,1H3,(H,18,21). The van der Waals surface area contributed by atoms with Gasteiger partial charge in [-0.2, -0.15) is 0 Å². The fraction of sp³-hybridized carbons (Fsp3) is 0.125. The molecule has 0 unspecified atom stereocenters. The van der Waals surface area contributed by atoms with Crippen molar-refractivity contribution in [2.75, 3.05) is 0 Å². The number of fused-ring (bicyclic) bond motifs is 1. The summed E-state index contributed by atoms with van der Waals surface area (Å²) in [6.45, 7) is 2.29. The fourth-order valence-corrected chi connectivity index (χ4v) is 2.19. The minimum atomic E-state index is -0.425. The number of amides is 1. The second-order valence-electron chi connectivity index (χ2n) is 4.82. The number of hydrogen-bond acceptors (Lipinski definition) is 2. The average Bonchev–Trinajstić information content (AvgIpc) is 2.89. The van der Waals surface area contributed by atoms with Crippen LogP contribution in [-0.2, 0) is 6.54 Å². The SMILES string of the molecule is Cc1cccc2nc(CNC(=O)c3cccc(F)c3)cn12. The molecule has 1 aromatic carbocycles. The van der Waals surface area contributed by atoms with Crippen LogP contribution in [0.3, 0.4) is 0 Å². The molecule has 4 nitrogen and oxygen atoms in total. The molecule has 1 amide bonds. The largest absolute Gasteiger partial charge is 0.346 e. The van der Waals surface area contributed by atoms with Gasteiger partial charge in [-0.3, -0.25) is 4.79 Å². The number of nitrogens with one attached hydrogen (secondary N) is 1. The summed E-state index contributed by atoms with van der Waals surface area (Å²) in [6.07, 6.45) is 1.89. The Bertz CT molecular complexity index is 810. The summed E-state index contributed by atoms with van der Waals surface area (Å²) >= 11 is 0. The molecular weight excluding hydrogens is 269 g/mol. The van der Waals surface area contributed by atoms with E-state index in [-0.39, 0.29) is 5.91 Å². The Kier molecular flexibility index (Phi) is 3.39. The number of halogens is 1. The molecule has 0 atom stereocenters. The third-order valence-electron chi connectivity index (χ3n) is 3.26. The van der Waals surface area contributed by atoms with E-state index in [4.69, 9.17) is 0 Å². The normalized spacial score (nSPS) is 10.8. The average molecular weight is 283 g/mol. The maximum absolute atomic E-state index is 13.1. The molecule has 0 spiro atoms. The molecule has 0 fully saturated rings. The van der Waals surface area contributed by atoms with Crippen LogP contribution in [0.1, 0.15) is 21.7 Å². The van der Waals surface area contributed by atoms with Crippen LogP contribution in [-0.4, -0.2) is 15.3 Å². The number of aromatic nitrogens is 2. The van der Waals surface area contributed by atoms with Gasteiger partial charge in [0.1, 0.15) is 11.5 Å². The van der Waals surface area contributed by atoms with Gasteiger partial charge >= 0.3 is 0 Å². The first kappa shape index (κ1) is 13.3. The molecule has 0 saturated heterocycles. The molecule has 0 radical (unpaired) electrons. The van der Waals surface area contributed by atoms with Crippen molar-refractivity contribution in [2.24, 2.45) is 0 Å². The van der Waals surface area contributed by atoms with E-state index in [9.17, 15) is 9.18 Å². The summed E-state index contributed by atoms with van der Waals surface area (Å²) < 4.78 is 15.0. The van der Waals surface area contributed by atoms with E-state index >= 15 is 0 Å². The highest BCUT2D eigenvalue weighted by Gasteiger charge is 2.08. The van der Waals surface area contributed by atoms with Crippen molar-refractivity contribution in [2.45, 2.75) is 13.5 Å². The molecule has 0 aliphatic carbocycles. The zero-order valence-electron chi connectivity index (χ0n) is 11.5. The second-order valence-corrected chi connectivity index (χ2v) is 4.82. The third kappa shape index (κ3) is 2.76. The van der Waals surface area contributed by atoms with E-state index in [0.717, 1.165) is 17.0 Å². The molecule has 106 valence electrons. The van der Waals surface area contributed by atoms with Gasteiger partial charge in [0.25, 0.3) is 5.91 Å². The smallest absolute Gasteiger partial charge is 0.251 e. The molecule has 2 heterocycles. The Morgan fingerprint density at radius 3 is 2.86 bits per heavy atom. The first-order valence-electron chi connectivity index (χ1n) is 6.61. The Labute approximate surface area is 121 Å². The number of carbonyl (C=O) groups excluding carboxylic acids is 1. The number of nitrogens with zero attached hydrogens (tertiary/aromatic N) is 2. The van der Waals surface area contributed by atoms with Gasteiger partial charge in [-0.1, -0.05) is 12.1 Å². The van der Waals surface area contributed by atoms with Crippen LogP contribution in [0.2, 0.25) is 0 Å². The lowest BCUT2D eigenvalue weighted by atomic mass is 10.2. The summed E-state index contributed by atoms with van der Waals surface area (Å²) in [6, 6.07) is 11.4. The highest BCUT2D eigenvalue weighted by atomic mass is 19.1. The lowest BCUT2D eigenvalue weighted by molar-refractivity contribution is 0.0950. The summed E-state index contributed by atoms with van der Waals surface area (Å²) in [7, 11) is 0. The van der Waals surface area contributed by atoms with E-state index in [1.165, 1.54) is 18.2 Å². The molecule has 2 aromatic heterocycles. The van der Waals surface area contributed by atoms with Crippen molar-refractivity contribution in [1.82, 2.24) is 14.7 Å². The van der Waals surface area contributed by atoms with Crippen molar-refractivity contribution in [3.8, 4) is 0 Å². The molecule has 3 rings (SSSR count). The number of imidazole rings is 1. The van der Waals surface area contributed by atoms with Gasteiger partial charge in [0.05, 0.1) is 12.2 Å². The maximum Gasteiger partial charge on any atom is 0.251 e. The molecule has 0 aliphatic rings. The molecule has 3 aromatic rings. The maximum atomic E-state index is 13.1. The van der Waals surface area contributed by atoms with Crippen molar-refractivity contribution < 1.29 is 9.18 Å². The zero-order chi connectivity index (χ0) is 14.8. The van der Waals surface area contributed by atoms with Gasteiger partial charge in [-0.05, 0) is 37.3 Å². The summed E-state index contributed by atoms with van der Waals surface area (Å²) in [5.41, 5.74) is 2.97. The van der Waals surface area contributed by atoms with Gasteiger partial charge in [0.15, 0.2) is 0 Å². The van der Waals surface area contributed by atoms with E-state index in [2.05, 4.69) is 10.3 Å². The lowest BCUT2D eigenvalue weighted by Gasteiger charge is -2.03. The fourth-order valence-electron chi connectivity index (χ4n) is 2.19. The summed E-state index contributed by atoms with van der Waals surface area (Å²) in [5, 5.41) is 2.74. The number of rotatable bonds is 3. The van der Waals surface area contributed by atoms with Crippen LogP contribution in [0, 0.1) is 12.7 Å². The van der Waals surface area contributed by atoms with Crippen LogP contribution < -0.4 is 5.32 Å². The zero-order valence-corrected chi connectivity index (χ0v) is 11.5. The van der Waals surface area contributed by atoms with Crippen LogP contribution in [0.5, 0.6) is 0 Å². The van der Waals surface area contributed by atoms with Crippen LogP contribution >= 0.6 is 0 Å². The van der Waals surface area contributed by atoms with Crippen LogP contribution in [0.15, 0.2) is 48.7 Å². The molecule has 1 N–H and O–H groups in total. The summed E-state index contributed by atoms with van der Waals surface area (Å²) in [5.74, 6) is -0.741. The first-order valence-corrected chi connectivity index (χ1v) is 6.61. The monoisotopic (exact) mass is 283 g/mol. The van der Waals surface area contributed by atoms with E-state index in [1.54, 1.807) is 6.07 Å². The Morgan fingerprint density at radius 2 is 2.10 bits per heavy atom. The Hall–Kier alpha value is -2.69. The Balaban J connectivity index is 1.74. The predicted octanol–water partition coefficient (Wildman–Crippen LogP) is 2.71. The van der Waals surface area contributed by atoms with Gasteiger partial charge in [0.2, 0.25) is 0 Å². The van der Waals surface area contributed by atoms with Crippen molar-refractivity contribution in [1.29, 1.82) is 0 Å². The molecule has 0 aliphatic heterocycles. The van der Waals surface area contributed by atoms with Gasteiger partial charge < -0.3 is 9.72 Å². The first-order chi connectivity index (χ1) is 10.1. The highest BCUT2D eigenvalue weighted by molar-refractivity contribution is 5.94. The molecular formula is C16H14FN3O. The molecule has 5 heteroatoms. The summed E-state index contributed by atoms with van der Waals surface area (Å²) in [4.78, 5) is 16.4. The van der Waals surface area contributed by atoms with Gasteiger partial charge in [0, 0.05) is 17.5 Å². The lowest BCUT2D eigenvalue weighted by Crippen LogP contribution is -2.23. The number of benzene rings is 1.